The molecule has 0 spiro atoms. The monoisotopic (exact) mass is 355 g/mol. The van der Waals surface area contributed by atoms with Gasteiger partial charge >= 0.3 is 0 Å². The van der Waals surface area contributed by atoms with E-state index in [1.54, 1.807) is 7.11 Å². The molecule has 2 fully saturated rings. The number of morpholine rings is 1. The molecule has 0 aliphatic carbocycles. The summed E-state index contributed by atoms with van der Waals surface area (Å²) < 4.78 is 11.0. The maximum absolute atomic E-state index is 5.55. The second kappa shape index (κ2) is 7.80. The predicted molar refractivity (Wildman–Crippen MR) is 105 cm³/mol. The van der Waals surface area contributed by atoms with Gasteiger partial charge in [-0.05, 0) is 37.8 Å². The van der Waals surface area contributed by atoms with Crippen LogP contribution in [0.4, 0.5) is 5.69 Å². The molecule has 0 N–H and O–H groups in total. The molecule has 4 rings (SSSR count). The van der Waals surface area contributed by atoms with Crippen molar-refractivity contribution in [2.45, 2.75) is 19.8 Å². The van der Waals surface area contributed by atoms with E-state index in [-0.39, 0.29) is 0 Å². The Morgan fingerprint density at radius 1 is 1.23 bits per heavy atom. The van der Waals surface area contributed by atoms with Crippen LogP contribution in [-0.4, -0.2) is 62.9 Å². The average molecular weight is 355 g/mol. The number of para-hydroxylation sites is 1. The summed E-state index contributed by atoms with van der Waals surface area (Å²) in [6, 6.07) is 8.47. The van der Waals surface area contributed by atoms with Crippen LogP contribution in [0.15, 0.2) is 24.3 Å². The molecule has 1 unspecified atom stereocenters. The molecule has 1 aromatic carbocycles. The number of hydrogen-bond donors (Lipinski definition) is 0. The van der Waals surface area contributed by atoms with E-state index in [1.807, 2.05) is 6.07 Å². The summed E-state index contributed by atoms with van der Waals surface area (Å²) in [6.07, 6.45) is 2.57. The number of nitrogens with zero attached hydrogens (tertiary/aromatic N) is 3. The van der Waals surface area contributed by atoms with E-state index in [9.17, 15) is 0 Å². The Kier molecular flexibility index (Phi) is 5.27. The van der Waals surface area contributed by atoms with Crippen molar-refractivity contribution in [1.29, 1.82) is 0 Å². The summed E-state index contributed by atoms with van der Waals surface area (Å²) in [5, 5.41) is 1.20. The summed E-state index contributed by atoms with van der Waals surface area (Å²) in [7, 11) is 1.72. The molecule has 3 heterocycles. The van der Waals surface area contributed by atoms with Gasteiger partial charge in [-0.25, -0.2) is 4.98 Å². The molecule has 0 radical (unpaired) electrons. The van der Waals surface area contributed by atoms with E-state index in [1.165, 1.54) is 30.5 Å². The second-order valence-electron chi connectivity index (χ2n) is 7.51. The highest BCUT2D eigenvalue weighted by Gasteiger charge is 2.25. The van der Waals surface area contributed by atoms with Crippen LogP contribution in [0, 0.1) is 12.8 Å². The Labute approximate surface area is 155 Å². The maximum Gasteiger partial charge on any atom is 0.145 e. The lowest BCUT2D eigenvalue weighted by Crippen LogP contribution is -2.44. The lowest BCUT2D eigenvalue weighted by molar-refractivity contribution is 0.0296. The molecule has 2 aromatic rings. The molecule has 2 aliphatic heterocycles. The fraction of sp³-hybridized carbons (Fsp3) is 0.571. The highest BCUT2D eigenvalue weighted by molar-refractivity contribution is 5.95. The molecule has 1 atom stereocenters. The lowest BCUT2D eigenvalue weighted by Gasteiger charge is -2.38. The van der Waals surface area contributed by atoms with Crippen molar-refractivity contribution in [2.24, 2.45) is 5.92 Å². The Morgan fingerprint density at radius 2 is 2.08 bits per heavy atom. The molecule has 140 valence electrons. The van der Waals surface area contributed by atoms with Gasteiger partial charge in [-0.15, -0.1) is 0 Å². The van der Waals surface area contributed by atoms with Crippen LogP contribution in [0.25, 0.3) is 10.9 Å². The number of anilines is 1. The van der Waals surface area contributed by atoms with E-state index in [2.05, 4.69) is 34.9 Å². The van der Waals surface area contributed by atoms with Crippen LogP contribution >= 0.6 is 0 Å². The third-order valence-electron chi connectivity index (χ3n) is 5.61. The highest BCUT2D eigenvalue weighted by Crippen LogP contribution is 2.34. The molecule has 0 amide bonds. The minimum atomic E-state index is 0.718. The number of aromatic nitrogens is 1. The quantitative estimate of drug-likeness (QED) is 0.842. The third-order valence-corrected chi connectivity index (χ3v) is 5.61. The van der Waals surface area contributed by atoms with Gasteiger partial charge in [0.1, 0.15) is 11.3 Å². The number of rotatable bonds is 4. The van der Waals surface area contributed by atoms with Crippen LogP contribution in [0.5, 0.6) is 5.75 Å². The van der Waals surface area contributed by atoms with E-state index < -0.39 is 0 Å². The zero-order chi connectivity index (χ0) is 17.9. The van der Waals surface area contributed by atoms with Gasteiger partial charge in [0.2, 0.25) is 0 Å². The van der Waals surface area contributed by atoms with Crippen LogP contribution in [-0.2, 0) is 4.74 Å². The smallest absolute Gasteiger partial charge is 0.145 e. The Hall–Kier alpha value is -1.85. The normalized spacial score (nSPS) is 21.9. The minimum Gasteiger partial charge on any atom is -0.494 e. The van der Waals surface area contributed by atoms with Crippen LogP contribution in [0.3, 0.4) is 0 Å². The van der Waals surface area contributed by atoms with Gasteiger partial charge in [-0.1, -0.05) is 12.1 Å². The molecule has 2 aliphatic rings. The van der Waals surface area contributed by atoms with Crippen LogP contribution < -0.4 is 9.64 Å². The summed E-state index contributed by atoms with van der Waals surface area (Å²) >= 11 is 0. The number of benzene rings is 1. The topological polar surface area (TPSA) is 37.8 Å². The number of fused-ring (bicyclic) bond motifs is 1. The molecule has 1 aromatic heterocycles. The fourth-order valence-corrected chi connectivity index (χ4v) is 4.34. The third kappa shape index (κ3) is 3.64. The average Bonchev–Trinajstić information content (AvgIpc) is 2.68. The predicted octanol–water partition coefficient (Wildman–Crippen LogP) is 3.10. The van der Waals surface area contributed by atoms with Gasteiger partial charge in [0.25, 0.3) is 0 Å². The van der Waals surface area contributed by atoms with Gasteiger partial charge in [-0.2, -0.15) is 0 Å². The first kappa shape index (κ1) is 17.6. The van der Waals surface area contributed by atoms with E-state index in [0.29, 0.717) is 0 Å². The first-order valence-corrected chi connectivity index (χ1v) is 9.74. The van der Waals surface area contributed by atoms with Crippen LogP contribution in [0.2, 0.25) is 0 Å². The number of piperidine rings is 1. The minimum absolute atomic E-state index is 0.718. The largest absolute Gasteiger partial charge is 0.494 e. The van der Waals surface area contributed by atoms with Gasteiger partial charge in [0.05, 0.1) is 20.3 Å². The molecular formula is C21H29N3O2. The summed E-state index contributed by atoms with van der Waals surface area (Å²) in [5.41, 5.74) is 3.32. The first-order chi connectivity index (χ1) is 12.7. The summed E-state index contributed by atoms with van der Waals surface area (Å²) in [4.78, 5) is 9.87. The van der Waals surface area contributed by atoms with Crippen molar-refractivity contribution in [2.75, 3.05) is 57.9 Å². The Morgan fingerprint density at radius 3 is 2.88 bits per heavy atom. The van der Waals surface area contributed by atoms with E-state index in [4.69, 9.17) is 14.5 Å². The molecule has 0 saturated carbocycles. The molecule has 26 heavy (non-hydrogen) atoms. The van der Waals surface area contributed by atoms with Crippen molar-refractivity contribution in [3.63, 3.8) is 0 Å². The van der Waals surface area contributed by atoms with Gasteiger partial charge in [0, 0.05) is 49.5 Å². The SMILES string of the molecule is COc1cccc2c(N3CCCC(CN4CCOCC4)C3)cc(C)nc12. The zero-order valence-corrected chi connectivity index (χ0v) is 15.9. The molecule has 5 nitrogen and oxygen atoms in total. The fourth-order valence-electron chi connectivity index (χ4n) is 4.34. The van der Waals surface area contributed by atoms with Crippen LogP contribution in [0.1, 0.15) is 18.5 Å². The number of hydrogen-bond acceptors (Lipinski definition) is 5. The molecule has 5 heteroatoms. The van der Waals surface area contributed by atoms with Gasteiger partial charge in [0.15, 0.2) is 0 Å². The van der Waals surface area contributed by atoms with Crippen molar-refractivity contribution in [3.8, 4) is 5.75 Å². The standard InChI is InChI=1S/C21H29N3O2/c1-16-13-19(18-6-3-7-20(25-2)21(18)22-16)24-8-4-5-17(15-24)14-23-9-11-26-12-10-23/h3,6-7,13,17H,4-5,8-12,14-15H2,1-2H3. The second-order valence-corrected chi connectivity index (χ2v) is 7.51. The molecule has 0 bridgehead atoms. The maximum atomic E-state index is 5.55. The van der Waals surface area contributed by atoms with Gasteiger partial charge < -0.3 is 14.4 Å². The lowest BCUT2D eigenvalue weighted by atomic mass is 9.96. The number of methoxy groups -OCH3 is 1. The Bertz CT molecular complexity index is 758. The number of pyridine rings is 1. The number of aryl methyl sites for hydroxylation is 1. The first-order valence-electron chi connectivity index (χ1n) is 9.74. The molecule has 2 saturated heterocycles. The van der Waals surface area contributed by atoms with E-state index in [0.717, 1.165) is 62.3 Å². The highest BCUT2D eigenvalue weighted by atomic mass is 16.5. The Balaban J connectivity index is 1.58. The summed E-state index contributed by atoms with van der Waals surface area (Å²) in [5.74, 6) is 1.57. The van der Waals surface area contributed by atoms with Crippen molar-refractivity contribution >= 4 is 16.6 Å². The van der Waals surface area contributed by atoms with E-state index >= 15 is 0 Å². The molecular weight excluding hydrogens is 326 g/mol. The van der Waals surface area contributed by atoms with Gasteiger partial charge in [-0.3, -0.25) is 4.90 Å². The zero-order valence-electron chi connectivity index (χ0n) is 15.9. The van der Waals surface area contributed by atoms with Crippen molar-refractivity contribution < 1.29 is 9.47 Å². The number of ether oxygens (including phenoxy) is 2. The van der Waals surface area contributed by atoms with Crippen molar-refractivity contribution in [1.82, 2.24) is 9.88 Å². The summed E-state index contributed by atoms with van der Waals surface area (Å²) in [6.45, 7) is 9.41. The van der Waals surface area contributed by atoms with Crippen molar-refractivity contribution in [3.05, 3.63) is 30.0 Å².